The zero-order valence-corrected chi connectivity index (χ0v) is 10.7. The van der Waals surface area contributed by atoms with E-state index in [1.165, 1.54) is 0 Å². The number of ketones is 1. The number of hydrogen-bond donors (Lipinski definition) is 1. The van der Waals surface area contributed by atoms with Gasteiger partial charge in [0.25, 0.3) is 0 Å². The van der Waals surface area contributed by atoms with E-state index >= 15 is 0 Å². The average Bonchev–Trinajstić information content (AvgIpc) is 2.84. The Balaban J connectivity index is 2.09. The van der Waals surface area contributed by atoms with Crippen molar-refractivity contribution in [2.45, 2.75) is 26.1 Å². The molecule has 1 aromatic carbocycles. The summed E-state index contributed by atoms with van der Waals surface area (Å²) in [5, 5.41) is 3.05. The molecule has 2 unspecified atom stereocenters. The third kappa shape index (κ3) is 2.63. The maximum absolute atomic E-state index is 12.2. The number of hydrogen-bond acceptors (Lipinski definition) is 5. The third-order valence-corrected chi connectivity index (χ3v) is 2.89. The molecular weight excluding hydrogens is 234 g/mol. The van der Waals surface area contributed by atoms with E-state index < -0.39 is 0 Å². The number of rotatable bonds is 5. The molecule has 1 N–H and O–H groups in total. The molecule has 0 radical (unpaired) electrons. The van der Waals surface area contributed by atoms with Crippen LogP contribution in [-0.4, -0.2) is 32.0 Å². The van der Waals surface area contributed by atoms with Gasteiger partial charge in [0.15, 0.2) is 17.3 Å². The van der Waals surface area contributed by atoms with Gasteiger partial charge in [-0.25, -0.2) is 0 Å². The lowest BCUT2D eigenvalue weighted by Gasteiger charge is -2.17. The molecule has 2 atom stereocenters. The molecule has 5 nitrogen and oxygen atoms in total. The number of nitrogens with one attached hydrogen (secondary N) is 1. The summed E-state index contributed by atoms with van der Waals surface area (Å²) in [5.41, 5.74) is 0.600. The van der Waals surface area contributed by atoms with Crippen LogP contribution in [0.1, 0.15) is 24.2 Å². The van der Waals surface area contributed by atoms with Crippen LogP contribution < -0.4 is 14.8 Å². The first-order chi connectivity index (χ1) is 8.61. The molecule has 5 heteroatoms. The van der Waals surface area contributed by atoms with E-state index in [0.29, 0.717) is 17.1 Å². The second-order valence-electron chi connectivity index (χ2n) is 4.20. The first-order valence-electron chi connectivity index (χ1n) is 5.84. The van der Waals surface area contributed by atoms with Crippen molar-refractivity contribution in [3.63, 3.8) is 0 Å². The molecular formula is C13H17NO4. The Labute approximate surface area is 106 Å². The van der Waals surface area contributed by atoms with Gasteiger partial charge in [0.2, 0.25) is 6.79 Å². The standard InChI is InChI=1S/C13H17NO4/c1-8(14-9(2)16-3)13(15)10-4-5-11-12(6-10)18-7-17-11/h4-6,8-9,14H,7H2,1-3H3. The summed E-state index contributed by atoms with van der Waals surface area (Å²) in [7, 11) is 1.59. The monoisotopic (exact) mass is 251 g/mol. The van der Waals surface area contributed by atoms with Crippen LogP contribution in [0.3, 0.4) is 0 Å². The quantitative estimate of drug-likeness (QED) is 0.636. The van der Waals surface area contributed by atoms with Gasteiger partial charge in [-0.15, -0.1) is 0 Å². The number of methoxy groups -OCH3 is 1. The Morgan fingerprint density at radius 3 is 2.78 bits per heavy atom. The second-order valence-corrected chi connectivity index (χ2v) is 4.20. The molecule has 0 aliphatic carbocycles. The first kappa shape index (κ1) is 12.9. The zero-order chi connectivity index (χ0) is 13.1. The fourth-order valence-corrected chi connectivity index (χ4v) is 1.80. The van der Waals surface area contributed by atoms with Crippen molar-refractivity contribution in [1.29, 1.82) is 0 Å². The fourth-order valence-electron chi connectivity index (χ4n) is 1.80. The lowest BCUT2D eigenvalue weighted by molar-refractivity contribution is 0.0694. The molecule has 1 aliphatic rings. The van der Waals surface area contributed by atoms with E-state index in [4.69, 9.17) is 14.2 Å². The summed E-state index contributed by atoms with van der Waals surface area (Å²) in [6.45, 7) is 3.87. The summed E-state index contributed by atoms with van der Waals surface area (Å²) in [5.74, 6) is 1.29. The Morgan fingerprint density at radius 2 is 2.06 bits per heavy atom. The Bertz CT molecular complexity index is 447. The normalized spacial score (nSPS) is 16.4. The van der Waals surface area contributed by atoms with Gasteiger partial charge in [0.1, 0.15) is 6.23 Å². The molecule has 0 spiro atoms. The number of fused-ring (bicyclic) bond motifs is 1. The van der Waals surface area contributed by atoms with Gasteiger partial charge in [-0.1, -0.05) is 0 Å². The van der Waals surface area contributed by atoms with E-state index in [1.54, 1.807) is 25.3 Å². The van der Waals surface area contributed by atoms with Gasteiger partial charge in [-0.3, -0.25) is 10.1 Å². The topological polar surface area (TPSA) is 56.8 Å². The second kappa shape index (κ2) is 5.37. The van der Waals surface area contributed by atoms with Crippen LogP contribution in [0.25, 0.3) is 0 Å². The van der Waals surface area contributed by atoms with Gasteiger partial charge in [0, 0.05) is 12.7 Å². The highest BCUT2D eigenvalue weighted by atomic mass is 16.7. The summed E-state index contributed by atoms with van der Waals surface area (Å²) in [6.07, 6.45) is -0.169. The molecule has 98 valence electrons. The molecule has 2 rings (SSSR count). The van der Waals surface area contributed by atoms with Gasteiger partial charge < -0.3 is 14.2 Å². The summed E-state index contributed by atoms with van der Waals surface area (Å²) in [6, 6.07) is 4.88. The molecule has 0 bridgehead atoms. The molecule has 1 aromatic rings. The van der Waals surface area contributed by atoms with Gasteiger partial charge >= 0.3 is 0 Å². The summed E-state index contributed by atoms with van der Waals surface area (Å²) < 4.78 is 15.5. The van der Waals surface area contributed by atoms with E-state index in [2.05, 4.69) is 5.32 Å². The van der Waals surface area contributed by atoms with E-state index in [1.807, 2.05) is 13.8 Å². The molecule has 1 heterocycles. The van der Waals surface area contributed by atoms with Crippen LogP contribution in [0.4, 0.5) is 0 Å². The van der Waals surface area contributed by atoms with Crippen molar-refractivity contribution < 1.29 is 19.0 Å². The first-order valence-corrected chi connectivity index (χ1v) is 5.84. The maximum Gasteiger partial charge on any atom is 0.231 e. The number of ether oxygens (including phenoxy) is 3. The minimum absolute atomic E-state index is 0.00259. The van der Waals surface area contributed by atoms with Crippen LogP contribution in [0.2, 0.25) is 0 Å². The van der Waals surface area contributed by atoms with E-state index in [9.17, 15) is 4.79 Å². The summed E-state index contributed by atoms with van der Waals surface area (Å²) >= 11 is 0. The number of Topliss-reactive ketones (excluding diaryl/α,β-unsaturated/α-hetero) is 1. The highest BCUT2D eigenvalue weighted by molar-refractivity contribution is 6.00. The predicted molar refractivity (Wildman–Crippen MR) is 66.0 cm³/mol. The largest absolute Gasteiger partial charge is 0.454 e. The average molecular weight is 251 g/mol. The van der Waals surface area contributed by atoms with Crippen molar-refractivity contribution in [3.05, 3.63) is 23.8 Å². The van der Waals surface area contributed by atoms with E-state index in [0.717, 1.165) is 0 Å². The number of benzene rings is 1. The Kier molecular flexibility index (Phi) is 3.84. The van der Waals surface area contributed by atoms with Crippen LogP contribution in [-0.2, 0) is 4.74 Å². The molecule has 0 saturated heterocycles. The predicted octanol–water partition coefficient (Wildman–Crippen LogP) is 1.57. The van der Waals surface area contributed by atoms with Crippen LogP contribution in [0.15, 0.2) is 18.2 Å². The highest BCUT2D eigenvalue weighted by Crippen LogP contribution is 2.32. The van der Waals surface area contributed by atoms with Crippen LogP contribution in [0.5, 0.6) is 11.5 Å². The van der Waals surface area contributed by atoms with Gasteiger partial charge in [-0.05, 0) is 32.0 Å². The molecule has 0 aromatic heterocycles. The van der Waals surface area contributed by atoms with Crippen molar-refractivity contribution >= 4 is 5.78 Å². The van der Waals surface area contributed by atoms with Crippen molar-refractivity contribution in [3.8, 4) is 11.5 Å². The smallest absolute Gasteiger partial charge is 0.231 e. The molecule has 18 heavy (non-hydrogen) atoms. The van der Waals surface area contributed by atoms with Gasteiger partial charge in [-0.2, -0.15) is 0 Å². The Hall–Kier alpha value is -1.59. The van der Waals surface area contributed by atoms with Gasteiger partial charge in [0.05, 0.1) is 6.04 Å². The lowest BCUT2D eigenvalue weighted by Crippen LogP contribution is -2.40. The fraction of sp³-hybridized carbons (Fsp3) is 0.462. The maximum atomic E-state index is 12.2. The highest BCUT2D eigenvalue weighted by Gasteiger charge is 2.20. The minimum Gasteiger partial charge on any atom is -0.454 e. The Morgan fingerprint density at radius 1 is 1.33 bits per heavy atom. The minimum atomic E-state index is -0.319. The molecule has 0 fully saturated rings. The van der Waals surface area contributed by atoms with Crippen LogP contribution >= 0.6 is 0 Å². The van der Waals surface area contributed by atoms with Crippen molar-refractivity contribution in [2.24, 2.45) is 0 Å². The number of carbonyl (C=O) groups is 1. The third-order valence-electron chi connectivity index (χ3n) is 2.89. The SMILES string of the molecule is COC(C)NC(C)C(=O)c1ccc2c(c1)OCO2. The van der Waals surface area contributed by atoms with Crippen molar-refractivity contribution in [2.75, 3.05) is 13.9 Å². The molecule has 1 aliphatic heterocycles. The molecule has 0 saturated carbocycles. The van der Waals surface area contributed by atoms with E-state index in [-0.39, 0.29) is 24.8 Å². The lowest BCUT2D eigenvalue weighted by atomic mass is 10.0. The number of carbonyl (C=O) groups excluding carboxylic acids is 1. The summed E-state index contributed by atoms with van der Waals surface area (Å²) in [4.78, 5) is 12.2. The molecule has 0 amide bonds. The van der Waals surface area contributed by atoms with Crippen molar-refractivity contribution in [1.82, 2.24) is 5.32 Å². The van der Waals surface area contributed by atoms with Crippen LogP contribution in [0, 0.1) is 0 Å². The zero-order valence-electron chi connectivity index (χ0n) is 10.7.